The largest absolute Gasteiger partial charge is 0.612 e. The minimum Gasteiger partial charge on any atom is -0.612 e. The first-order chi connectivity index (χ1) is 9.63. The maximum absolute atomic E-state index is 11.9. The first-order valence-corrected chi connectivity index (χ1v) is 9.66. The lowest BCUT2D eigenvalue weighted by molar-refractivity contribution is 0.196. The molecule has 0 amide bonds. The molecule has 0 spiro atoms. The average Bonchev–Trinajstić information content (AvgIpc) is 2.45. The summed E-state index contributed by atoms with van der Waals surface area (Å²) >= 11 is -1.51. The molecule has 0 saturated carbocycles. The lowest BCUT2D eigenvalue weighted by atomic mass is 10.1. The second-order valence-electron chi connectivity index (χ2n) is 5.64. The predicted octanol–water partition coefficient (Wildman–Crippen LogP) is 4.09. The van der Waals surface area contributed by atoms with Crippen LogP contribution in [0.5, 0.6) is 0 Å². The van der Waals surface area contributed by atoms with E-state index in [1.807, 2.05) is 0 Å². The molecule has 0 saturated heterocycles. The van der Waals surface area contributed by atoms with Gasteiger partial charge in [-0.05, 0) is 12.8 Å². The SMILES string of the molecule is CCCCCCCC(O)[S+]([O-])C(O)CCCCCCC. The highest BCUT2D eigenvalue weighted by Crippen LogP contribution is 2.18. The third-order valence-electron chi connectivity index (χ3n) is 3.65. The molecule has 0 rings (SSSR count). The Morgan fingerprint density at radius 3 is 1.40 bits per heavy atom. The fraction of sp³-hybridized carbons (Fsp3) is 1.00. The molecule has 0 radical (unpaired) electrons. The Hall–Kier alpha value is 0.230. The predicted molar refractivity (Wildman–Crippen MR) is 86.9 cm³/mol. The molecule has 20 heavy (non-hydrogen) atoms. The van der Waals surface area contributed by atoms with Crippen molar-refractivity contribution in [1.29, 1.82) is 0 Å². The van der Waals surface area contributed by atoms with Gasteiger partial charge in [-0.1, -0.05) is 65.2 Å². The normalized spacial score (nSPS) is 16.1. The van der Waals surface area contributed by atoms with Gasteiger partial charge < -0.3 is 14.8 Å². The van der Waals surface area contributed by atoms with E-state index in [0.717, 1.165) is 25.7 Å². The first-order valence-electron chi connectivity index (χ1n) is 8.39. The first kappa shape index (κ1) is 20.2. The van der Waals surface area contributed by atoms with E-state index in [2.05, 4.69) is 13.8 Å². The molecule has 3 nitrogen and oxygen atoms in total. The second kappa shape index (κ2) is 14.2. The summed E-state index contributed by atoms with van der Waals surface area (Å²) in [5.74, 6) is 0. The zero-order valence-corrected chi connectivity index (χ0v) is 14.2. The zero-order valence-electron chi connectivity index (χ0n) is 13.4. The fourth-order valence-electron chi connectivity index (χ4n) is 2.26. The Bertz CT molecular complexity index is 182. The van der Waals surface area contributed by atoms with Crippen LogP contribution in [0.1, 0.15) is 90.9 Å². The highest BCUT2D eigenvalue weighted by atomic mass is 32.2. The van der Waals surface area contributed by atoms with E-state index in [9.17, 15) is 14.8 Å². The molecule has 0 bridgehead atoms. The Morgan fingerprint density at radius 1 is 0.700 bits per heavy atom. The van der Waals surface area contributed by atoms with E-state index >= 15 is 0 Å². The summed E-state index contributed by atoms with van der Waals surface area (Å²) in [6.07, 6.45) is 12.2. The molecular weight excluding hydrogens is 272 g/mol. The molecule has 0 aromatic rings. The molecule has 122 valence electrons. The Balaban J connectivity index is 3.61. The molecule has 0 fully saturated rings. The van der Waals surface area contributed by atoms with Crippen molar-refractivity contribution in [2.24, 2.45) is 0 Å². The number of hydrogen-bond donors (Lipinski definition) is 2. The Labute approximate surface area is 128 Å². The quantitative estimate of drug-likeness (QED) is 0.375. The monoisotopic (exact) mass is 306 g/mol. The zero-order chi connectivity index (χ0) is 15.2. The number of rotatable bonds is 14. The van der Waals surface area contributed by atoms with Gasteiger partial charge in [0.05, 0.1) is 0 Å². The standard InChI is InChI=1S/C16H34O3S/c1-3-5-7-9-11-13-15(17)20(19)16(18)14-12-10-8-6-4-2/h15-18H,3-14H2,1-2H3. The van der Waals surface area contributed by atoms with Crippen LogP contribution < -0.4 is 0 Å². The highest BCUT2D eigenvalue weighted by Gasteiger charge is 2.26. The Morgan fingerprint density at radius 2 is 1.05 bits per heavy atom. The van der Waals surface area contributed by atoms with Crippen LogP contribution in [0.2, 0.25) is 0 Å². The van der Waals surface area contributed by atoms with Crippen molar-refractivity contribution in [3.05, 3.63) is 0 Å². The molecule has 0 aliphatic heterocycles. The third kappa shape index (κ3) is 11.0. The molecule has 2 unspecified atom stereocenters. The van der Waals surface area contributed by atoms with Gasteiger partial charge in [0.2, 0.25) is 10.9 Å². The van der Waals surface area contributed by atoms with Gasteiger partial charge >= 0.3 is 0 Å². The van der Waals surface area contributed by atoms with Crippen LogP contribution in [0.25, 0.3) is 0 Å². The molecule has 0 aliphatic rings. The van der Waals surface area contributed by atoms with Gasteiger partial charge in [-0.25, -0.2) is 0 Å². The molecule has 2 N–H and O–H groups in total. The van der Waals surface area contributed by atoms with Crippen LogP contribution in [0.15, 0.2) is 0 Å². The molecule has 0 heterocycles. The van der Waals surface area contributed by atoms with Crippen LogP contribution in [-0.2, 0) is 11.2 Å². The van der Waals surface area contributed by atoms with E-state index in [4.69, 9.17) is 0 Å². The number of hydrogen-bond acceptors (Lipinski definition) is 3. The van der Waals surface area contributed by atoms with Crippen molar-refractivity contribution >= 4 is 11.2 Å². The minimum absolute atomic E-state index is 0.545. The molecule has 0 aliphatic carbocycles. The maximum atomic E-state index is 11.9. The van der Waals surface area contributed by atoms with E-state index < -0.39 is 22.0 Å². The third-order valence-corrected chi connectivity index (χ3v) is 5.19. The molecule has 0 aromatic heterocycles. The van der Waals surface area contributed by atoms with Crippen molar-refractivity contribution in [2.75, 3.05) is 0 Å². The van der Waals surface area contributed by atoms with Gasteiger partial charge in [0.25, 0.3) is 0 Å². The summed E-state index contributed by atoms with van der Waals surface area (Å²) < 4.78 is 11.9. The minimum atomic E-state index is -1.51. The number of unbranched alkanes of at least 4 members (excludes halogenated alkanes) is 8. The van der Waals surface area contributed by atoms with E-state index in [0.29, 0.717) is 12.8 Å². The van der Waals surface area contributed by atoms with Crippen molar-refractivity contribution in [1.82, 2.24) is 0 Å². The topological polar surface area (TPSA) is 63.5 Å². The van der Waals surface area contributed by atoms with Gasteiger partial charge in [0, 0.05) is 24.0 Å². The van der Waals surface area contributed by atoms with Gasteiger partial charge in [-0.2, -0.15) is 0 Å². The van der Waals surface area contributed by atoms with Gasteiger partial charge in [-0.15, -0.1) is 0 Å². The van der Waals surface area contributed by atoms with E-state index in [1.54, 1.807) is 0 Å². The molecular formula is C16H34O3S. The van der Waals surface area contributed by atoms with Gasteiger partial charge in [0.15, 0.2) is 0 Å². The van der Waals surface area contributed by atoms with Crippen LogP contribution in [0.4, 0.5) is 0 Å². The maximum Gasteiger partial charge on any atom is 0.215 e. The summed E-state index contributed by atoms with van der Waals surface area (Å²) in [7, 11) is 0. The highest BCUT2D eigenvalue weighted by molar-refractivity contribution is 7.92. The van der Waals surface area contributed by atoms with Crippen molar-refractivity contribution < 1.29 is 14.8 Å². The lowest BCUT2D eigenvalue weighted by Gasteiger charge is -2.21. The van der Waals surface area contributed by atoms with Crippen molar-refractivity contribution in [2.45, 2.75) is 102 Å². The summed E-state index contributed by atoms with van der Waals surface area (Å²) in [6.45, 7) is 4.33. The second-order valence-corrected chi connectivity index (χ2v) is 7.39. The van der Waals surface area contributed by atoms with Crippen LogP contribution in [-0.4, -0.2) is 25.6 Å². The Kier molecular flexibility index (Phi) is 14.3. The van der Waals surface area contributed by atoms with E-state index in [-0.39, 0.29) is 0 Å². The van der Waals surface area contributed by atoms with Crippen LogP contribution in [0, 0.1) is 0 Å². The van der Waals surface area contributed by atoms with E-state index in [1.165, 1.54) is 38.5 Å². The molecule has 2 atom stereocenters. The molecule has 0 aromatic carbocycles. The molecule has 4 heteroatoms. The summed E-state index contributed by atoms with van der Waals surface area (Å²) in [5.41, 5.74) is -1.72. The average molecular weight is 307 g/mol. The summed E-state index contributed by atoms with van der Waals surface area (Å²) in [6, 6.07) is 0. The van der Waals surface area contributed by atoms with Crippen LogP contribution in [0.3, 0.4) is 0 Å². The fourth-order valence-corrected chi connectivity index (χ4v) is 3.42. The lowest BCUT2D eigenvalue weighted by Crippen LogP contribution is -2.32. The van der Waals surface area contributed by atoms with Crippen molar-refractivity contribution in [3.8, 4) is 0 Å². The van der Waals surface area contributed by atoms with Gasteiger partial charge in [-0.3, -0.25) is 0 Å². The number of aliphatic hydroxyl groups excluding tert-OH is 2. The smallest absolute Gasteiger partial charge is 0.215 e. The summed E-state index contributed by atoms with van der Waals surface area (Å²) in [4.78, 5) is 0. The number of aliphatic hydroxyl groups is 2. The van der Waals surface area contributed by atoms with Gasteiger partial charge in [0.1, 0.15) is 0 Å². The van der Waals surface area contributed by atoms with Crippen LogP contribution >= 0.6 is 0 Å². The van der Waals surface area contributed by atoms with Crippen molar-refractivity contribution in [3.63, 3.8) is 0 Å². The summed E-state index contributed by atoms with van der Waals surface area (Å²) in [5, 5.41) is 19.7.